The summed E-state index contributed by atoms with van der Waals surface area (Å²) < 4.78 is 2.06. The van der Waals surface area contributed by atoms with E-state index >= 15 is 0 Å². The van der Waals surface area contributed by atoms with E-state index in [1.165, 1.54) is 34.0 Å². The predicted molar refractivity (Wildman–Crippen MR) is 135 cm³/mol. The maximum absolute atomic E-state index is 12.7. The Labute approximate surface area is 199 Å². The summed E-state index contributed by atoms with van der Waals surface area (Å²) in [5, 5.41) is 12.7. The first-order valence-corrected chi connectivity index (χ1v) is 11.9. The molecule has 0 atom stereocenters. The molecular weight excluding hydrogens is 428 g/mol. The molecule has 0 saturated carbocycles. The second-order valence-electron chi connectivity index (χ2n) is 8.32. The van der Waals surface area contributed by atoms with E-state index in [9.17, 15) is 4.79 Å². The van der Waals surface area contributed by atoms with Crippen molar-refractivity contribution in [3.63, 3.8) is 0 Å². The number of nitrogens with one attached hydrogen (secondary N) is 1. The standard InChI is InChI=1S/C27H28N4OS/c1-18-10-13-24(21(4)14-18)28-26(32)17-33-27-30-29-25(16-22-8-6-5-7-9-22)31(27)23-12-11-19(2)20(3)15-23/h5-15H,16-17H2,1-4H3,(H,28,32). The normalized spacial score (nSPS) is 10.9. The molecule has 0 aliphatic heterocycles. The minimum absolute atomic E-state index is 0.0637. The van der Waals surface area contributed by atoms with Gasteiger partial charge in [-0.3, -0.25) is 9.36 Å². The van der Waals surface area contributed by atoms with E-state index < -0.39 is 0 Å². The minimum atomic E-state index is -0.0637. The van der Waals surface area contributed by atoms with Gasteiger partial charge in [0.15, 0.2) is 5.16 Å². The van der Waals surface area contributed by atoms with E-state index in [0.717, 1.165) is 22.8 Å². The summed E-state index contributed by atoms with van der Waals surface area (Å²) >= 11 is 1.40. The highest BCUT2D eigenvalue weighted by Gasteiger charge is 2.17. The third-order valence-corrected chi connectivity index (χ3v) is 6.57. The van der Waals surface area contributed by atoms with Gasteiger partial charge >= 0.3 is 0 Å². The Morgan fingerprint density at radius 1 is 0.879 bits per heavy atom. The number of carbonyl (C=O) groups is 1. The molecule has 5 nitrogen and oxygen atoms in total. The molecule has 0 spiro atoms. The van der Waals surface area contributed by atoms with Gasteiger partial charge in [0.25, 0.3) is 0 Å². The van der Waals surface area contributed by atoms with E-state index in [-0.39, 0.29) is 11.7 Å². The number of aryl methyl sites for hydroxylation is 4. The van der Waals surface area contributed by atoms with E-state index in [1.54, 1.807) is 0 Å². The number of carbonyl (C=O) groups excluding carboxylic acids is 1. The molecule has 3 aromatic carbocycles. The smallest absolute Gasteiger partial charge is 0.234 e. The quantitative estimate of drug-likeness (QED) is 0.356. The molecule has 1 aromatic heterocycles. The fourth-order valence-corrected chi connectivity index (χ4v) is 4.45. The zero-order chi connectivity index (χ0) is 23.4. The maximum atomic E-state index is 12.7. The predicted octanol–water partition coefficient (Wildman–Crippen LogP) is 5.82. The number of rotatable bonds is 7. The van der Waals surface area contributed by atoms with Crippen molar-refractivity contribution in [2.75, 3.05) is 11.1 Å². The number of hydrogen-bond donors (Lipinski definition) is 1. The van der Waals surface area contributed by atoms with Crippen LogP contribution in [0.25, 0.3) is 5.69 Å². The summed E-state index contributed by atoms with van der Waals surface area (Å²) in [6, 6.07) is 22.6. The van der Waals surface area contributed by atoms with Crippen LogP contribution in [0.15, 0.2) is 71.9 Å². The van der Waals surface area contributed by atoms with Gasteiger partial charge in [0.1, 0.15) is 5.82 Å². The van der Waals surface area contributed by atoms with Gasteiger partial charge in [-0.2, -0.15) is 0 Å². The molecule has 33 heavy (non-hydrogen) atoms. The van der Waals surface area contributed by atoms with Crippen molar-refractivity contribution in [2.45, 2.75) is 39.3 Å². The van der Waals surface area contributed by atoms with Crippen molar-refractivity contribution in [1.29, 1.82) is 0 Å². The van der Waals surface area contributed by atoms with Crippen LogP contribution in [-0.2, 0) is 11.2 Å². The molecule has 4 rings (SSSR count). The number of amides is 1. The summed E-state index contributed by atoms with van der Waals surface area (Å²) in [5.41, 5.74) is 7.68. The number of anilines is 1. The van der Waals surface area contributed by atoms with Crippen molar-refractivity contribution in [1.82, 2.24) is 14.8 Å². The number of aromatic nitrogens is 3. The van der Waals surface area contributed by atoms with E-state index in [0.29, 0.717) is 11.6 Å². The maximum Gasteiger partial charge on any atom is 0.234 e. The first kappa shape index (κ1) is 22.8. The lowest BCUT2D eigenvalue weighted by molar-refractivity contribution is -0.113. The summed E-state index contributed by atoms with van der Waals surface area (Å²) in [6.07, 6.45) is 0.663. The highest BCUT2D eigenvalue weighted by Crippen LogP contribution is 2.25. The van der Waals surface area contributed by atoms with Gasteiger partial charge in [0.05, 0.1) is 5.75 Å². The van der Waals surface area contributed by atoms with Crippen LogP contribution in [0.2, 0.25) is 0 Å². The average molecular weight is 457 g/mol. The van der Waals surface area contributed by atoms with Crippen molar-refractivity contribution in [3.05, 3.63) is 100 Å². The first-order chi connectivity index (χ1) is 15.9. The topological polar surface area (TPSA) is 59.8 Å². The molecule has 168 valence electrons. The third-order valence-electron chi connectivity index (χ3n) is 5.64. The zero-order valence-electron chi connectivity index (χ0n) is 19.4. The van der Waals surface area contributed by atoms with Gasteiger partial charge in [-0.1, -0.05) is 65.9 Å². The molecule has 0 bridgehead atoms. The minimum Gasteiger partial charge on any atom is -0.325 e. The Kier molecular flexibility index (Phi) is 6.94. The summed E-state index contributed by atoms with van der Waals surface area (Å²) in [6.45, 7) is 8.25. The number of hydrogen-bond acceptors (Lipinski definition) is 4. The molecule has 1 heterocycles. The number of thioether (sulfide) groups is 1. The third kappa shape index (κ3) is 5.52. The molecule has 0 aliphatic rings. The van der Waals surface area contributed by atoms with Crippen LogP contribution >= 0.6 is 11.8 Å². The highest BCUT2D eigenvalue weighted by atomic mass is 32.2. The Bertz CT molecular complexity index is 1280. The summed E-state index contributed by atoms with van der Waals surface area (Å²) in [4.78, 5) is 12.7. The lowest BCUT2D eigenvalue weighted by atomic mass is 10.1. The molecule has 1 amide bonds. The second-order valence-corrected chi connectivity index (χ2v) is 9.26. The molecule has 0 aliphatic carbocycles. The van der Waals surface area contributed by atoms with Gasteiger partial charge in [-0.05, 0) is 68.1 Å². The SMILES string of the molecule is Cc1ccc(NC(=O)CSc2nnc(Cc3ccccc3)n2-c2ccc(C)c(C)c2)c(C)c1. The second kappa shape index (κ2) is 10.0. The van der Waals surface area contributed by atoms with Gasteiger partial charge < -0.3 is 5.32 Å². The molecule has 0 radical (unpaired) electrons. The summed E-state index contributed by atoms with van der Waals surface area (Å²) in [7, 11) is 0. The Hall–Kier alpha value is -3.38. The van der Waals surface area contributed by atoms with Gasteiger partial charge in [0.2, 0.25) is 5.91 Å². The lowest BCUT2D eigenvalue weighted by Gasteiger charge is -2.13. The van der Waals surface area contributed by atoms with Gasteiger partial charge in [0, 0.05) is 17.8 Å². The Morgan fingerprint density at radius 3 is 2.39 bits per heavy atom. The van der Waals surface area contributed by atoms with Crippen LogP contribution in [0.4, 0.5) is 5.69 Å². The van der Waals surface area contributed by atoms with Crippen molar-refractivity contribution < 1.29 is 4.79 Å². The lowest BCUT2D eigenvalue weighted by Crippen LogP contribution is -2.15. The van der Waals surface area contributed by atoms with Crippen LogP contribution in [0.3, 0.4) is 0 Å². The fourth-order valence-electron chi connectivity index (χ4n) is 3.68. The molecule has 0 saturated heterocycles. The zero-order valence-corrected chi connectivity index (χ0v) is 20.2. The van der Waals surface area contributed by atoms with E-state index in [1.807, 2.05) is 44.2 Å². The van der Waals surface area contributed by atoms with E-state index in [4.69, 9.17) is 0 Å². The van der Waals surface area contributed by atoms with Crippen LogP contribution in [0, 0.1) is 27.7 Å². The van der Waals surface area contributed by atoms with Crippen molar-refractivity contribution >= 4 is 23.4 Å². The molecule has 1 N–H and O–H groups in total. The fraction of sp³-hybridized carbons (Fsp3) is 0.222. The van der Waals surface area contributed by atoms with E-state index in [2.05, 4.69) is 70.3 Å². The number of benzene rings is 3. The average Bonchev–Trinajstić information content (AvgIpc) is 3.19. The van der Waals surface area contributed by atoms with Crippen molar-refractivity contribution in [2.24, 2.45) is 0 Å². The summed E-state index contributed by atoms with van der Waals surface area (Å²) in [5.74, 6) is 1.04. The first-order valence-electron chi connectivity index (χ1n) is 11.0. The molecule has 0 unspecified atom stereocenters. The largest absolute Gasteiger partial charge is 0.325 e. The molecular formula is C27H28N4OS. The molecule has 6 heteroatoms. The number of nitrogens with zero attached hydrogens (tertiary/aromatic N) is 3. The van der Waals surface area contributed by atoms with Gasteiger partial charge in [-0.25, -0.2) is 0 Å². The van der Waals surface area contributed by atoms with Gasteiger partial charge in [-0.15, -0.1) is 10.2 Å². The van der Waals surface area contributed by atoms with Crippen LogP contribution in [0.1, 0.15) is 33.6 Å². The Morgan fingerprint density at radius 2 is 1.67 bits per heavy atom. The highest BCUT2D eigenvalue weighted by molar-refractivity contribution is 7.99. The Balaban J connectivity index is 1.58. The van der Waals surface area contributed by atoms with Crippen LogP contribution in [0.5, 0.6) is 0 Å². The van der Waals surface area contributed by atoms with Crippen LogP contribution < -0.4 is 5.32 Å². The van der Waals surface area contributed by atoms with Crippen molar-refractivity contribution in [3.8, 4) is 5.69 Å². The molecule has 4 aromatic rings. The monoisotopic (exact) mass is 456 g/mol. The van der Waals surface area contributed by atoms with Crippen LogP contribution in [-0.4, -0.2) is 26.4 Å². The molecule has 0 fully saturated rings.